The fraction of sp³-hybridized carbons (Fsp3) is 0.435. The Morgan fingerprint density at radius 3 is 2.23 bits per heavy atom. The second-order valence-corrected chi connectivity index (χ2v) is 9.25. The number of hydrogen-bond donors (Lipinski definition) is 2. The molecule has 1 atom stereocenters. The molecule has 2 aromatic rings. The van der Waals surface area contributed by atoms with Crippen molar-refractivity contribution in [3.05, 3.63) is 59.2 Å². The lowest BCUT2D eigenvalue weighted by molar-refractivity contribution is -0.115. The average molecular weight is 432 g/mol. The van der Waals surface area contributed by atoms with Gasteiger partial charge in [0.1, 0.15) is 0 Å². The van der Waals surface area contributed by atoms with Gasteiger partial charge in [-0.1, -0.05) is 51.1 Å². The predicted octanol–water partition coefficient (Wildman–Crippen LogP) is 3.88. The third-order valence-electron chi connectivity index (χ3n) is 5.28. The number of benzene rings is 2. The first-order valence-corrected chi connectivity index (χ1v) is 11.9. The van der Waals surface area contributed by atoms with E-state index in [9.17, 15) is 13.2 Å². The molecule has 0 aromatic heterocycles. The summed E-state index contributed by atoms with van der Waals surface area (Å²) >= 11 is 0. The van der Waals surface area contributed by atoms with Gasteiger partial charge in [0.15, 0.2) is 0 Å². The molecule has 7 heteroatoms. The first-order valence-electron chi connectivity index (χ1n) is 10.5. The van der Waals surface area contributed by atoms with Crippen LogP contribution in [0.3, 0.4) is 0 Å². The maximum Gasteiger partial charge on any atom is 0.243 e. The molecule has 0 fully saturated rings. The maximum absolute atomic E-state index is 12.8. The SMILES string of the molecule is CCc1ccc([C@H](C)NCC(=O)Nc2cc(S(=O)(=O)N(CC)CC)ccc2C)cc1. The molecule has 2 rings (SSSR count). The zero-order chi connectivity index (χ0) is 22.3. The Morgan fingerprint density at radius 1 is 1.03 bits per heavy atom. The van der Waals surface area contributed by atoms with Crippen LogP contribution in [0.2, 0.25) is 0 Å². The van der Waals surface area contributed by atoms with Crippen LogP contribution in [0, 0.1) is 6.92 Å². The normalized spacial score (nSPS) is 12.7. The van der Waals surface area contributed by atoms with Gasteiger partial charge in [0.05, 0.1) is 11.4 Å². The van der Waals surface area contributed by atoms with Crippen LogP contribution in [-0.2, 0) is 21.2 Å². The number of nitrogens with one attached hydrogen (secondary N) is 2. The summed E-state index contributed by atoms with van der Waals surface area (Å²) in [6.07, 6.45) is 0.993. The summed E-state index contributed by atoms with van der Waals surface area (Å²) in [5, 5.41) is 6.06. The molecule has 0 radical (unpaired) electrons. The summed E-state index contributed by atoms with van der Waals surface area (Å²) in [6, 6.07) is 13.2. The van der Waals surface area contributed by atoms with Crippen molar-refractivity contribution in [3.63, 3.8) is 0 Å². The lowest BCUT2D eigenvalue weighted by Crippen LogP contribution is -2.31. The van der Waals surface area contributed by atoms with Gasteiger partial charge in [0.25, 0.3) is 0 Å². The lowest BCUT2D eigenvalue weighted by atomic mass is 10.1. The number of amides is 1. The van der Waals surface area contributed by atoms with Crippen LogP contribution in [0.4, 0.5) is 5.69 Å². The Bertz CT molecular complexity index is 952. The molecule has 0 unspecified atom stereocenters. The van der Waals surface area contributed by atoms with E-state index < -0.39 is 10.0 Å². The Balaban J connectivity index is 2.05. The Kier molecular flexibility index (Phi) is 8.58. The lowest BCUT2D eigenvalue weighted by Gasteiger charge is -2.19. The van der Waals surface area contributed by atoms with E-state index in [1.165, 1.54) is 15.9 Å². The van der Waals surface area contributed by atoms with Crippen molar-refractivity contribution >= 4 is 21.6 Å². The van der Waals surface area contributed by atoms with E-state index in [0.717, 1.165) is 17.5 Å². The first kappa shape index (κ1) is 24.1. The first-order chi connectivity index (χ1) is 14.2. The van der Waals surface area contributed by atoms with Crippen molar-refractivity contribution in [3.8, 4) is 0 Å². The van der Waals surface area contributed by atoms with Gasteiger partial charge in [-0.15, -0.1) is 0 Å². The molecular weight excluding hydrogens is 398 g/mol. The predicted molar refractivity (Wildman–Crippen MR) is 122 cm³/mol. The monoisotopic (exact) mass is 431 g/mol. The number of aryl methyl sites for hydroxylation is 2. The number of sulfonamides is 1. The van der Waals surface area contributed by atoms with Crippen LogP contribution in [0.15, 0.2) is 47.4 Å². The molecule has 0 aliphatic carbocycles. The molecule has 0 bridgehead atoms. The van der Waals surface area contributed by atoms with Crippen LogP contribution in [-0.4, -0.2) is 38.3 Å². The highest BCUT2D eigenvalue weighted by Gasteiger charge is 2.22. The Labute approximate surface area is 180 Å². The number of hydrogen-bond acceptors (Lipinski definition) is 4. The molecule has 0 heterocycles. The fourth-order valence-corrected chi connectivity index (χ4v) is 4.69. The third-order valence-corrected chi connectivity index (χ3v) is 7.33. The van der Waals surface area contributed by atoms with E-state index in [1.54, 1.807) is 26.0 Å². The third kappa shape index (κ3) is 5.90. The topological polar surface area (TPSA) is 78.5 Å². The molecular formula is C23H33N3O3S. The highest BCUT2D eigenvalue weighted by molar-refractivity contribution is 7.89. The average Bonchev–Trinajstić information content (AvgIpc) is 2.74. The van der Waals surface area contributed by atoms with Gasteiger partial charge in [-0.3, -0.25) is 4.79 Å². The fourth-order valence-electron chi connectivity index (χ4n) is 3.21. The quantitative estimate of drug-likeness (QED) is 0.598. The second kappa shape index (κ2) is 10.7. The minimum atomic E-state index is -3.58. The van der Waals surface area contributed by atoms with Gasteiger partial charge in [0, 0.05) is 24.8 Å². The largest absolute Gasteiger partial charge is 0.325 e. The number of rotatable bonds is 10. The summed E-state index contributed by atoms with van der Waals surface area (Å²) in [5.41, 5.74) is 3.71. The summed E-state index contributed by atoms with van der Waals surface area (Å²) in [7, 11) is -3.58. The van der Waals surface area contributed by atoms with Crippen molar-refractivity contribution in [2.75, 3.05) is 25.0 Å². The van der Waals surface area contributed by atoms with Gasteiger partial charge in [0.2, 0.25) is 15.9 Å². The molecule has 30 heavy (non-hydrogen) atoms. The second-order valence-electron chi connectivity index (χ2n) is 7.31. The van der Waals surface area contributed by atoms with E-state index in [4.69, 9.17) is 0 Å². The van der Waals surface area contributed by atoms with E-state index >= 15 is 0 Å². The van der Waals surface area contributed by atoms with Gasteiger partial charge in [-0.2, -0.15) is 4.31 Å². The van der Waals surface area contributed by atoms with Gasteiger partial charge < -0.3 is 10.6 Å². The molecule has 1 amide bonds. The molecule has 0 aliphatic heterocycles. The zero-order valence-corrected chi connectivity index (χ0v) is 19.3. The number of anilines is 1. The molecule has 0 spiro atoms. The molecule has 6 nitrogen and oxygen atoms in total. The van der Waals surface area contributed by atoms with Crippen LogP contribution >= 0.6 is 0 Å². The molecule has 0 saturated carbocycles. The van der Waals surface area contributed by atoms with Crippen LogP contribution in [0.1, 0.15) is 50.4 Å². The standard InChI is InChI=1S/C23H33N3O3S/c1-6-19-10-12-20(13-11-19)18(5)24-16-23(27)25-22-15-21(14-9-17(22)4)30(28,29)26(7-2)8-3/h9-15,18,24H,6-8,16H2,1-5H3,(H,25,27)/t18-/m0/s1. The van der Waals surface area contributed by atoms with E-state index in [2.05, 4.69) is 41.8 Å². The van der Waals surface area contributed by atoms with Crippen LogP contribution in [0.25, 0.3) is 0 Å². The van der Waals surface area contributed by atoms with E-state index in [1.807, 2.05) is 13.8 Å². The number of nitrogens with zero attached hydrogens (tertiary/aromatic N) is 1. The number of carbonyl (C=O) groups excluding carboxylic acids is 1. The van der Waals surface area contributed by atoms with Crippen molar-refractivity contribution < 1.29 is 13.2 Å². The highest BCUT2D eigenvalue weighted by atomic mass is 32.2. The van der Waals surface area contributed by atoms with Gasteiger partial charge >= 0.3 is 0 Å². The smallest absolute Gasteiger partial charge is 0.243 e. The van der Waals surface area contributed by atoms with Crippen molar-refractivity contribution in [2.24, 2.45) is 0 Å². The van der Waals surface area contributed by atoms with Crippen molar-refractivity contribution in [2.45, 2.75) is 52.0 Å². The number of carbonyl (C=O) groups is 1. The highest BCUT2D eigenvalue weighted by Crippen LogP contribution is 2.23. The zero-order valence-electron chi connectivity index (χ0n) is 18.5. The maximum atomic E-state index is 12.8. The minimum absolute atomic E-state index is 0.0251. The summed E-state index contributed by atoms with van der Waals surface area (Å²) in [4.78, 5) is 12.7. The molecule has 0 saturated heterocycles. The van der Waals surface area contributed by atoms with Gasteiger partial charge in [-0.25, -0.2) is 8.42 Å². The van der Waals surface area contributed by atoms with Gasteiger partial charge in [-0.05, 0) is 49.1 Å². The summed E-state index contributed by atoms with van der Waals surface area (Å²) in [5.74, 6) is -0.215. The van der Waals surface area contributed by atoms with E-state index in [-0.39, 0.29) is 23.4 Å². The molecule has 0 aliphatic rings. The van der Waals surface area contributed by atoms with Crippen molar-refractivity contribution in [1.29, 1.82) is 0 Å². The van der Waals surface area contributed by atoms with Crippen LogP contribution < -0.4 is 10.6 Å². The van der Waals surface area contributed by atoms with Crippen LogP contribution in [0.5, 0.6) is 0 Å². The summed E-state index contributed by atoms with van der Waals surface area (Å²) in [6.45, 7) is 10.5. The molecule has 2 N–H and O–H groups in total. The van der Waals surface area contributed by atoms with Crippen molar-refractivity contribution in [1.82, 2.24) is 9.62 Å². The minimum Gasteiger partial charge on any atom is -0.325 e. The van der Waals surface area contributed by atoms with E-state index in [0.29, 0.717) is 18.8 Å². The molecule has 164 valence electrons. The Hall–Kier alpha value is -2.22. The Morgan fingerprint density at radius 2 is 1.67 bits per heavy atom. The molecule has 2 aromatic carbocycles. The summed E-state index contributed by atoms with van der Waals surface area (Å²) < 4.78 is 26.9.